The van der Waals surface area contributed by atoms with Gasteiger partial charge in [-0.1, -0.05) is 0 Å². The predicted octanol–water partition coefficient (Wildman–Crippen LogP) is 0.835. The van der Waals surface area contributed by atoms with E-state index in [1.165, 1.54) is 12.1 Å². The molecule has 0 aliphatic carbocycles. The van der Waals surface area contributed by atoms with Crippen LogP contribution in [-0.2, 0) is 4.79 Å². The fourth-order valence-electron chi connectivity index (χ4n) is 2.10. The monoisotopic (exact) mass is 252 g/mol. The fourth-order valence-corrected chi connectivity index (χ4v) is 2.10. The number of benzene rings is 1. The van der Waals surface area contributed by atoms with Crippen molar-refractivity contribution in [2.45, 2.75) is 6.42 Å². The molecule has 1 aromatic carbocycles. The Morgan fingerprint density at radius 2 is 2.17 bits per heavy atom. The number of carbonyl (C=O) groups is 2. The zero-order valence-electron chi connectivity index (χ0n) is 9.60. The van der Waals surface area contributed by atoms with Crippen LogP contribution in [0.25, 0.3) is 0 Å². The highest BCUT2D eigenvalue weighted by Gasteiger charge is 2.29. The van der Waals surface area contributed by atoms with Gasteiger partial charge in [0.25, 0.3) is 0 Å². The lowest BCUT2D eigenvalue weighted by molar-refractivity contribution is -0.140. The average molecular weight is 252 g/mol. The van der Waals surface area contributed by atoms with E-state index in [4.69, 9.17) is 10.8 Å². The van der Waals surface area contributed by atoms with Gasteiger partial charge in [-0.05, 0) is 24.6 Å². The van der Waals surface area contributed by atoms with Crippen LogP contribution in [0, 0.1) is 11.7 Å². The normalized spacial score (nSPS) is 18.9. The van der Waals surface area contributed by atoms with E-state index >= 15 is 0 Å². The first-order chi connectivity index (χ1) is 8.49. The first kappa shape index (κ1) is 12.3. The molecule has 0 radical (unpaired) electrons. The van der Waals surface area contributed by atoms with Crippen molar-refractivity contribution in [2.75, 3.05) is 18.0 Å². The predicted molar refractivity (Wildman–Crippen MR) is 62.9 cm³/mol. The van der Waals surface area contributed by atoms with Gasteiger partial charge in [0.15, 0.2) is 0 Å². The SMILES string of the molecule is NC(=O)c1ccc(N2CCC(C(=O)O)C2)c(F)c1. The molecule has 1 atom stereocenters. The van der Waals surface area contributed by atoms with E-state index in [0.717, 1.165) is 6.07 Å². The largest absolute Gasteiger partial charge is 0.481 e. The maximum absolute atomic E-state index is 13.8. The Bertz CT molecular complexity index is 504. The van der Waals surface area contributed by atoms with Crippen molar-refractivity contribution < 1.29 is 19.1 Å². The second kappa shape index (κ2) is 4.64. The quantitative estimate of drug-likeness (QED) is 0.834. The number of hydrogen-bond acceptors (Lipinski definition) is 3. The van der Waals surface area contributed by atoms with Gasteiger partial charge in [0.1, 0.15) is 5.82 Å². The topological polar surface area (TPSA) is 83.6 Å². The molecule has 0 saturated carbocycles. The number of amides is 1. The molecule has 3 N–H and O–H groups in total. The molecule has 0 aromatic heterocycles. The van der Waals surface area contributed by atoms with Crippen LogP contribution in [0.2, 0.25) is 0 Å². The Morgan fingerprint density at radius 3 is 2.67 bits per heavy atom. The van der Waals surface area contributed by atoms with E-state index in [-0.39, 0.29) is 12.1 Å². The third-order valence-corrected chi connectivity index (χ3v) is 3.11. The summed E-state index contributed by atoms with van der Waals surface area (Å²) in [4.78, 5) is 23.4. The summed E-state index contributed by atoms with van der Waals surface area (Å²) in [6.45, 7) is 0.770. The summed E-state index contributed by atoms with van der Waals surface area (Å²) in [5, 5.41) is 8.88. The lowest BCUT2D eigenvalue weighted by Gasteiger charge is -2.19. The molecule has 1 unspecified atom stereocenters. The molecule has 1 aliphatic rings. The van der Waals surface area contributed by atoms with Crippen molar-refractivity contribution in [3.05, 3.63) is 29.6 Å². The van der Waals surface area contributed by atoms with Gasteiger partial charge < -0.3 is 15.7 Å². The van der Waals surface area contributed by atoms with Gasteiger partial charge in [-0.3, -0.25) is 9.59 Å². The van der Waals surface area contributed by atoms with Crippen LogP contribution < -0.4 is 10.6 Å². The van der Waals surface area contributed by atoms with E-state index in [1.807, 2.05) is 0 Å². The third kappa shape index (κ3) is 2.27. The van der Waals surface area contributed by atoms with Crippen molar-refractivity contribution in [1.29, 1.82) is 0 Å². The minimum Gasteiger partial charge on any atom is -0.481 e. The highest BCUT2D eigenvalue weighted by atomic mass is 19.1. The number of carboxylic acids is 1. The minimum absolute atomic E-state index is 0.102. The van der Waals surface area contributed by atoms with Crippen LogP contribution >= 0.6 is 0 Å². The Morgan fingerprint density at radius 1 is 1.44 bits per heavy atom. The molecule has 5 nitrogen and oxygen atoms in total. The van der Waals surface area contributed by atoms with E-state index in [1.54, 1.807) is 4.90 Å². The molecule has 1 heterocycles. The van der Waals surface area contributed by atoms with Gasteiger partial charge in [-0.25, -0.2) is 4.39 Å². The molecular weight excluding hydrogens is 239 g/mol. The summed E-state index contributed by atoms with van der Waals surface area (Å²) in [6, 6.07) is 3.97. The Kier molecular flexibility index (Phi) is 3.18. The number of nitrogens with zero attached hydrogens (tertiary/aromatic N) is 1. The van der Waals surface area contributed by atoms with Gasteiger partial charge in [0.2, 0.25) is 5.91 Å². The summed E-state index contributed by atoms with van der Waals surface area (Å²) in [7, 11) is 0. The number of halogens is 1. The number of carbonyl (C=O) groups excluding carboxylic acids is 1. The first-order valence-corrected chi connectivity index (χ1v) is 5.56. The second-order valence-corrected chi connectivity index (χ2v) is 4.30. The van der Waals surface area contributed by atoms with Crippen molar-refractivity contribution in [1.82, 2.24) is 0 Å². The summed E-state index contributed by atoms with van der Waals surface area (Å²) in [5.41, 5.74) is 5.46. The molecule has 0 bridgehead atoms. The van der Waals surface area contributed by atoms with Crippen molar-refractivity contribution in [3.63, 3.8) is 0 Å². The Balaban J connectivity index is 2.20. The molecular formula is C12H13FN2O3. The highest BCUT2D eigenvalue weighted by molar-refractivity contribution is 5.93. The molecule has 0 spiro atoms. The number of carboxylic acid groups (broad SMARTS) is 1. The van der Waals surface area contributed by atoms with E-state index in [0.29, 0.717) is 18.7 Å². The van der Waals surface area contributed by atoms with Crippen LogP contribution in [0.3, 0.4) is 0 Å². The van der Waals surface area contributed by atoms with Crippen LogP contribution in [0.5, 0.6) is 0 Å². The van der Waals surface area contributed by atoms with Crippen molar-refractivity contribution in [2.24, 2.45) is 11.7 Å². The van der Waals surface area contributed by atoms with E-state index in [9.17, 15) is 14.0 Å². The number of aliphatic carboxylic acids is 1. The number of primary amides is 1. The fraction of sp³-hybridized carbons (Fsp3) is 0.333. The summed E-state index contributed by atoms with van der Waals surface area (Å²) in [6.07, 6.45) is 0.492. The van der Waals surface area contributed by atoms with E-state index in [2.05, 4.69) is 0 Å². The maximum Gasteiger partial charge on any atom is 0.308 e. The molecule has 1 aromatic rings. The molecule has 6 heteroatoms. The standard InChI is InChI=1S/C12H13FN2O3/c13-9-5-7(11(14)16)1-2-10(9)15-4-3-8(6-15)12(17)18/h1-2,5,8H,3-4,6H2,(H2,14,16)(H,17,18). The van der Waals surface area contributed by atoms with Gasteiger partial charge in [-0.15, -0.1) is 0 Å². The van der Waals surface area contributed by atoms with Crippen molar-refractivity contribution >= 4 is 17.6 Å². The maximum atomic E-state index is 13.8. The smallest absolute Gasteiger partial charge is 0.308 e. The molecule has 96 valence electrons. The van der Waals surface area contributed by atoms with Crippen LogP contribution in [0.1, 0.15) is 16.8 Å². The Hall–Kier alpha value is -2.11. The summed E-state index contributed by atoms with van der Waals surface area (Å²) >= 11 is 0. The summed E-state index contributed by atoms with van der Waals surface area (Å²) < 4.78 is 13.8. The van der Waals surface area contributed by atoms with E-state index < -0.39 is 23.6 Å². The number of anilines is 1. The average Bonchev–Trinajstić information content (AvgIpc) is 2.78. The van der Waals surface area contributed by atoms with Crippen LogP contribution in [-0.4, -0.2) is 30.1 Å². The number of nitrogens with two attached hydrogens (primary N) is 1. The Labute approximate surface area is 103 Å². The minimum atomic E-state index is -0.869. The zero-order valence-corrected chi connectivity index (χ0v) is 9.60. The van der Waals surface area contributed by atoms with Gasteiger partial charge >= 0.3 is 5.97 Å². The molecule has 1 aliphatic heterocycles. The van der Waals surface area contributed by atoms with Gasteiger partial charge in [0, 0.05) is 18.7 Å². The lowest BCUT2D eigenvalue weighted by atomic mass is 10.1. The van der Waals surface area contributed by atoms with Crippen LogP contribution in [0.4, 0.5) is 10.1 Å². The van der Waals surface area contributed by atoms with Crippen LogP contribution in [0.15, 0.2) is 18.2 Å². The second-order valence-electron chi connectivity index (χ2n) is 4.30. The zero-order chi connectivity index (χ0) is 13.3. The molecule has 2 rings (SSSR count). The molecule has 18 heavy (non-hydrogen) atoms. The number of rotatable bonds is 3. The summed E-state index contributed by atoms with van der Waals surface area (Å²) in [5.74, 6) is -2.59. The molecule has 1 amide bonds. The molecule has 1 fully saturated rings. The highest BCUT2D eigenvalue weighted by Crippen LogP contribution is 2.27. The number of hydrogen-bond donors (Lipinski definition) is 2. The van der Waals surface area contributed by atoms with Gasteiger partial charge in [-0.2, -0.15) is 0 Å². The first-order valence-electron chi connectivity index (χ1n) is 5.56. The van der Waals surface area contributed by atoms with Gasteiger partial charge in [0.05, 0.1) is 11.6 Å². The lowest BCUT2D eigenvalue weighted by Crippen LogP contribution is -2.23. The third-order valence-electron chi connectivity index (χ3n) is 3.11. The molecule has 1 saturated heterocycles. The van der Waals surface area contributed by atoms with Crippen molar-refractivity contribution in [3.8, 4) is 0 Å².